The van der Waals surface area contributed by atoms with Gasteiger partial charge in [-0.2, -0.15) is 0 Å². The van der Waals surface area contributed by atoms with E-state index >= 15 is 0 Å². The van der Waals surface area contributed by atoms with Crippen molar-refractivity contribution in [2.45, 2.75) is 13.8 Å². The molecule has 1 aromatic carbocycles. The Hall–Kier alpha value is -1.38. The molecule has 3 nitrogen and oxygen atoms in total. The largest absolute Gasteiger partial charge is 0.272 e. The fourth-order valence-corrected chi connectivity index (χ4v) is 0.689. The molecule has 0 heterocycles. The van der Waals surface area contributed by atoms with Crippen molar-refractivity contribution in [3.05, 3.63) is 39.4 Å². The van der Waals surface area contributed by atoms with Crippen LogP contribution in [0, 0.1) is 23.9 Å². The molecule has 0 amide bonds. The maximum atomic E-state index is 10.7. The summed E-state index contributed by atoms with van der Waals surface area (Å²) in [6, 6.07) is 0.102. The highest BCUT2D eigenvalue weighted by Gasteiger charge is 2.08. The molecular formula is C8H9NO2. The van der Waals surface area contributed by atoms with Crippen LogP contribution in [0.25, 0.3) is 0 Å². The monoisotopic (exact) mass is 156 g/mol. The molecule has 0 bridgehead atoms. The van der Waals surface area contributed by atoms with Crippen molar-refractivity contribution in [3.63, 3.8) is 0 Å². The lowest BCUT2D eigenvalue weighted by molar-refractivity contribution is -0.385. The van der Waals surface area contributed by atoms with Gasteiger partial charge in [-0.1, -0.05) is 12.1 Å². The molecule has 1 aromatic rings. The maximum Gasteiger partial charge on any atom is 0.272 e. The SMILES string of the molecule is [2H]c1cc(C([2H])([2H])[2H])c([2H])c([N+](=O)[O-])c1C. The van der Waals surface area contributed by atoms with Crippen molar-refractivity contribution in [1.29, 1.82) is 0 Å². The van der Waals surface area contributed by atoms with Gasteiger partial charge in [0.1, 0.15) is 0 Å². The number of nitro groups is 1. The summed E-state index contributed by atoms with van der Waals surface area (Å²) in [6.07, 6.45) is 0. The van der Waals surface area contributed by atoms with E-state index in [4.69, 9.17) is 6.85 Å². The molecule has 0 unspecified atom stereocenters. The van der Waals surface area contributed by atoms with Crippen molar-refractivity contribution in [2.75, 3.05) is 0 Å². The van der Waals surface area contributed by atoms with Gasteiger partial charge in [0.2, 0.25) is 0 Å². The summed E-state index contributed by atoms with van der Waals surface area (Å²) in [5.41, 5.74) is -1.07. The molecule has 11 heavy (non-hydrogen) atoms. The quantitative estimate of drug-likeness (QED) is 0.462. The third-order valence-corrected chi connectivity index (χ3v) is 1.22. The Morgan fingerprint density at radius 3 is 3.09 bits per heavy atom. The Labute approximate surface area is 71.8 Å². The first-order chi connectivity index (χ1) is 7.16. The second-order valence-corrected chi connectivity index (χ2v) is 2.06. The van der Waals surface area contributed by atoms with Gasteiger partial charge in [0.05, 0.1) is 7.66 Å². The molecule has 0 atom stereocenters. The summed E-state index contributed by atoms with van der Waals surface area (Å²) in [6.45, 7) is -1.30. The van der Waals surface area contributed by atoms with E-state index in [1.54, 1.807) is 0 Å². The van der Waals surface area contributed by atoms with Crippen LogP contribution < -0.4 is 0 Å². The number of aryl methyl sites for hydroxylation is 1. The molecule has 0 spiro atoms. The van der Waals surface area contributed by atoms with Gasteiger partial charge in [-0.05, 0) is 19.3 Å². The van der Waals surface area contributed by atoms with E-state index in [-0.39, 0.29) is 11.6 Å². The first-order valence-corrected chi connectivity index (χ1v) is 2.92. The zero-order valence-electron chi connectivity index (χ0n) is 10.8. The van der Waals surface area contributed by atoms with Crippen LogP contribution in [0.3, 0.4) is 0 Å². The summed E-state index contributed by atoms with van der Waals surface area (Å²) in [5, 5.41) is 10.7. The third kappa shape index (κ3) is 1.55. The molecule has 1 rings (SSSR count). The maximum absolute atomic E-state index is 10.7. The topological polar surface area (TPSA) is 43.1 Å². The van der Waals surface area contributed by atoms with Crippen LogP contribution in [0.4, 0.5) is 5.69 Å². The van der Waals surface area contributed by atoms with Gasteiger partial charge in [-0.3, -0.25) is 10.1 Å². The van der Waals surface area contributed by atoms with E-state index in [0.29, 0.717) is 0 Å². The van der Waals surface area contributed by atoms with Gasteiger partial charge in [0.15, 0.2) is 0 Å². The van der Waals surface area contributed by atoms with E-state index in [0.717, 1.165) is 6.07 Å². The van der Waals surface area contributed by atoms with Crippen molar-refractivity contribution < 1.29 is 11.8 Å². The molecule has 0 saturated carbocycles. The highest BCUT2D eigenvalue weighted by atomic mass is 16.6. The Balaban J connectivity index is 3.64. The predicted molar refractivity (Wildman–Crippen MR) is 42.6 cm³/mol. The van der Waals surface area contributed by atoms with Gasteiger partial charge in [0.25, 0.3) is 5.69 Å². The average molecular weight is 156 g/mol. The lowest BCUT2D eigenvalue weighted by Crippen LogP contribution is -1.91. The molecule has 0 aliphatic rings. The van der Waals surface area contributed by atoms with Gasteiger partial charge >= 0.3 is 0 Å². The highest BCUT2D eigenvalue weighted by molar-refractivity contribution is 5.41. The van der Waals surface area contributed by atoms with E-state index in [9.17, 15) is 10.1 Å². The minimum atomic E-state index is -2.62. The first kappa shape index (κ1) is 3.34. The smallest absolute Gasteiger partial charge is 0.258 e. The fraction of sp³-hybridized carbons (Fsp3) is 0.250. The molecule has 0 aliphatic carbocycles. The molecule has 0 radical (unpaired) electrons. The predicted octanol–water partition coefficient (Wildman–Crippen LogP) is 2.21. The molecule has 3 heteroatoms. The fourth-order valence-electron chi connectivity index (χ4n) is 0.689. The molecule has 58 valence electrons. The van der Waals surface area contributed by atoms with Crippen LogP contribution in [0.2, 0.25) is 0 Å². The zero-order chi connectivity index (χ0) is 12.7. The molecule has 0 N–H and O–H groups in total. The Morgan fingerprint density at radius 1 is 1.82 bits per heavy atom. The number of rotatable bonds is 1. The van der Waals surface area contributed by atoms with E-state index in [1.165, 1.54) is 6.92 Å². The Morgan fingerprint density at radius 2 is 2.55 bits per heavy atom. The second-order valence-electron chi connectivity index (χ2n) is 2.06. The third-order valence-electron chi connectivity index (χ3n) is 1.22. The summed E-state index contributed by atoms with van der Waals surface area (Å²) < 4.78 is 36.3. The lowest BCUT2D eigenvalue weighted by atomic mass is 10.1. The summed E-state index contributed by atoms with van der Waals surface area (Å²) in [7, 11) is 0. The van der Waals surface area contributed by atoms with Crippen molar-refractivity contribution >= 4 is 5.69 Å². The van der Waals surface area contributed by atoms with Crippen molar-refractivity contribution in [2.24, 2.45) is 0 Å². The van der Waals surface area contributed by atoms with Crippen LogP contribution >= 0.6 is 0 Å². The molecule has 0 fully saturated rings. The van der Waals surface area contributed by atoms with Gasteiger partial charge in [0, 0.05) is 15.7 Å². The van der Waals surface area contributed by atoms with Gasteiger partial charge in [-0.15, -0.1) is 0 Å². The lowest BCUT2D eigenvalue weighted by Gasteiger charge is -1.96. The minimum Gasteiger partial charge on any atom is -0.258 e. The normalized spacial score (nSPS) is 17.4. The minimum absolute atomic E-state index is 0.00278. The molecule has 0 aliphatic heterocycles. The van der Waals surface area contributed by atoms with E-state index in [1.807, 2.05) is 0 Å². The van der Waals surface area contributed by atoms with Crippen LogP contribution in [-0.2, 0) is 0 Å². The standard InChI is InChI=1S/C8H9NO2/c1-6-3-4-7(2)8(5-6)9(10)11/h3-5H,1-2H3/i1D3,4D,5D. The molecule has 0 aromatic heterocycles. The summed E-state index contributed by atoms with van der Waals surface area (Å²) in [4.78, 5) is 9.86. The number of nitro benzene ring substituents is 1. The molecule has 0 saturated heterocycles. The van der Waals surface area contributed by atoms with Crippen LogP contribution in [0.5, 0.6) is 0 Å². The van der Waals surface area contributed by atoms with E-state index in [2.05, 4.69) is 0 Å². The van der Waals surface area contributed by atoms with Crippen LogP contribution in [0.15, 0.2) is 18.2 Å². The van der Waals surface area contributed by atoms with Crippen molar-refractivity contribution in [3.8, 4) is 0 Å². The van der Waals surface area contributed by atoms with Crippen molar-refractivity contribution in [1.82, 2.24) is 0 Å². The number of benzene rings is 1. The average Bonchev–Trinajstić information content (AvgIpc) is 2.09. The zero-order valence-corrected chi connectivity index (χ0v) is 5.84. The van der Waals surface area contributed by atoms with Gasteiger partial charge < -0.3 is 0 Å². The highest BCUT2D eigenvalue weighted by Crippen LogP contribution is 2.18. The molecular weight excluding hydrogens is 142 g/mol. The summed E-state index contributed by atoms with van der Waals surface area (Å²) in [5.74, 6) is 0. The first-order valence-electron chi connectivity index (χ1n) is 5.42. The Kier molecular flexibility index (Phi) is 0.820. The van der Waals surface area contributed by atoms with Crippen LogP contribution in [0.1, 0.15) is 18.0 Å². The van der Waals surface area contributed by atoms with Crippen LogP contribution in [-0.4, -0.2) is 4.92 Å². The summed E-state index contributed by atoms with van der Waals surface area (Å²) >= 11 is 0. The van der Waals surface area contributed by atoms with E-state index < -0.39 is 29.1 Å². The number of hydrogen-bond donors (Lipinski definition) is 0. The second kappa shape index (κ2) is 2.70. The number of hydrogen-bond acceptors (Lipinski definition) is 2. The Bertz CT molecular complexity index is 455. The number of nitrogens with zero attached hydrogens (tertiary/aromatic N) is 1. The van der Waals surface area contributed by atoms with Gasteiger partial charge in [-0.25, -0.2) is 0 Å².